The van der Waals surface area contributed by atoms with E-state index in [0.29, 0.717) is 0 Å². The number of aromatic nitrogens is 4. The van der Waals surface area contributed by atoms with Crippen LogP contribution in [0.2, 0.25) is 0 Å². The average molecular weight is 455 g/mol. The minimum Gasteiger partial charge on any atom is -0.340 e. The highest BCUT2D eigenvalue weighted by Crippen LogP contribution is 2.38. The molecule has 178 valence electrons. The van der Waals surface area contributed by atoms with E-state index in [1.165, 1.54) is 38.9 Å². The highest BCUT2D eigenvalue weighted by molar-refractivity contribution is 5.77. The van der Waals surface area contributed by atoms with Crippen LogP contribution < -0.4 is 0 Å². The number of imidazole rings is 1. The molecule has 0 aliphatic carbocycles. The van der Waals surface area contributed by atoms with Gasteiger partial charge in [-0.1, -0.05) is 59.7 Å². The SMILES string of the molecule is Cc1c(-c2cn(C)cn2)cc(-c2cc(-c3cccc(C(C)(C)C)c3C)nn2C)cc1C(C)(C)C. The van der Waals surface area contributed by atoms with Crippen molar-refractivity contribution >= 4 is 0 Å². The maximum atomic E-state index is 4.96. The fraction of sp³-hybridized carbons (Fsp3) is 0.400. The van der Waals surface area contributed by atoms with Gasteiger partial charge >= 0.3 is 0 Å². The smallest absolute Gasteiger partial charge is 0.0951 e. The van der Waals surface area contributed by atoms with Gasteiger partial charge in [0.25, 0.3) is 0 Å². The molecule has 0 radical (unpaired) electrons. The lowest BCUT2D eigenvalue weighted by Gasteiger charge is -2.24. The Labute approximate surface area is 204 Å². The van der Waals surface area contributed by atoms with E-state index in [-0.39, 0.29) is 10.8 Å². The van der Waals surface area contributed by atoms with Crippen molar-refractivity contribution in [3.8, 4) is 33.8 Å². The van der Waals surface area contributed by atoms with Crippen molar-refractivity contribution in [2.45, 2.75) is 66.2 Å². The van der Waals surface area contributed by atoms with Gasteiger partial charge < -0.3 is 4.57 Å². The van der Waals surface area contributed by atoms with Gasteiger partial charge in [-0.05, 0) is 65.1 Å². The van der Waals surface area contributed by atoms with Crippen molar-refractivity contribution in [1.82, 2.24) is 19.3 Å². The molecule has 0 saturated carbocycles. The normalized spacial score (nSPS) is 12.4. The first-order valence-corrected chi connectivity index (χ1v) is 12.1. The van der Waals surface area contributed by atoms with E-state index >= 15 is 0 Å². The van der Waals surface area contributed by atoms with Crippen LogP contribution >= 0.6 is 0 Å². The number of nitrogens with zero attached hydrogens (tertiary/aromatic N) is 4. The molecule has 4 aromatic rings. The molecule has 2 heterocycles. The molecule has 0 spiro atoms. The molecular weight excluding hydrogens is 416 g/mol. The molecule has 0 N–H and O–H groups in total. The van der Waals surface area contributed by atoms with Crippen LogP contribution in [0.3, 0.4) is 0 Å². The minimum absolute atomic E-state index is 0.0165. The average Bonchev–Trinajstić information content (AvgIpc) is 3.32. The van der Waals surface area contributed by atoms with Crippen LogP contribution in [0.4, 0.5) is 0 Å². The second kappa shape index (κ2) is 8.26. The molecule has 4 rings (SSSR count). The maximum Gasteiger partial charge on any atom is 0.0951 e. The monoisotopic (exact) mass is 454 g/mol. The van der Waals surface area contributed by atoms with E-state index in [0.717, 1.165) is 17.1 Å². The summed E-state index contributed by atoms with van der Waals surface area (Å²) in [4.78, 5) is 4.66. The van der Waals surface area contributed by atoms with Gasteiger partial charge in [-0.15, -0.1) is 0 Å². The Hall–Kier alpha value is -3.14. The summed E-state index contributed by atoms with van der Waals surface area (Å²) in [5.74, 6) is 0. The van der Waals surface area contributed by atoms with Crippen molar-refractivity contribution in [3.05, 3.63) is 71.2 Å². The van der Waals surface area contributed by atoms with Gasteiger partial charge in [0.05, 0.1) is 23.4 Å². The van der Waals surface area contributed by atoms with Crippen LogP contribution in [0.5, 0.6) is 0 Å². The molecule has 4 heteroatoms. The number of hydrogen-bond donors (Lipinski definition) is 0. The predicted octanol–water partition coefficient (Wildman–Crippen LogP) is 7.37. The zero-order valence-corrected chi connectivity index (χ0v) is 22.4. The van der Waals surface area contributed by atoms with Crippen molar-refractivity contribution in [3.63, 3.8) is 0 Å². The Morgan fingerprint density at radius 3 is 1.97 bits per heavy atom. The zero-order chi connectivity index (χ0) is 25.0. The summed E-state index contributed by atoms with van der Waals surface area (Å²) in [7, 11) is 4.06. The lowest BCUT2D eigenvalue weighted by molar-refractivity contribution is 0.586. The number of aryl methyl sites for hydroxylation is 2. The van der Waals surface area contributed by atoms with Gasteiger partial charge in [-0.25, -0.2) is 4.98 Å². The summed E-state index contributed by atoms with van der Waals surface area (Å²) in [6, 6.07) is 13.4. The molecule has 0 fully saturated rings. The molecule has 0 aliphatic rings. The third-order valence-electron chi connectivity index (χ3n) is 6.79. The molecule has 0 unspecified atom stereocenters. The molecule has 34 heavy (non-hydrogen) atoms. The summed E-state index contributed by atoms with van der Waals surface area (Å²) in [5.41, 5.74) is 12.1. The molecule has 0 atom stereocenters. The second-order valence-electron chi connectivity index (χ2n) is 11.6. The maximum absolute atomic E-state index is 4.96. The van der Waals surface area contributed by atoms with E-state index in [1.54, 1.807) is 0 Å². The molecule has 0 bridgehead atoms. The van der Waals surface area contributed by atoms with Gasteiger partial charge in [0, 0.05) is 37.0 Å². The van der Waals surface area contributed by atoms with Crippen molar-refractivity contribution in [2.24, 2.45) is 14.1 Å². The van der Waals surface area contributed by atoms with Gasteiger partial charge in [0.2, 0.25) is 0 Å². The summed E-state index contributed by atoms with van der Waals surface area (Å²) >= 11 is 0. The summed E-state index contributed by atoms with van der Waals surface area (Å²) < 4.78 is 4.02. The van der Waals surface area contributed by atoms with Crippen LogP contribution in [0.15, 0.2) is 48.9 Å². The van der Waals surface area contributed by atoms with Gasteiger partial charge in [-0.3, -0.25) is 4.68 Å². The summed E-state index contributed by atoms with van der Waals surface area (Å²) in [5, 5.41) is 4.96. The topological polar surface area (TPSA) is 35.6 Å². The summed E-state index contributed by atoms with van der Waals surface area (Å²) in [6.45, 7) is 18.1. The first kappa shape index (κ1) is 24.0. The predicted molar refractivity (Wildman–Crippen MR) is 143 cm³/mol. The van der Waals surface area contributed by atoms with E-state index in [9.17, 15) is 0 Å². The number of benzene rings is 2. The van der Waals surface area contributed by atoms with Gasteiger partial charge in [-0.2, -0.15) is 5.10 Å². The quantitative estimate of drug-likeness (QED) is 0.324. The molecule has 4 nitrogen and oxygen atoms in total. The van der Waals surface area contributed by atoms with Gasteiger partial charge in [0.15, 0.2) is 0 Å². The largest absolute Gasteiger partial charge is 0.340 e. The Kier molecular flexibility index (Phi) is 5.83. The van der Waals surface area contributed by atoms with E-state index in [4.69, 9.17) is 5.10 Å². The highest BCUT2D eigenvalue weighted by Gasteiger charge is 2.23. The fourth-order valence-corrected chi connectivity index (χ4v) is 5.05. The lowest BCUT2D eigenvalue weighted by atomic mass is 9.80. The van der Waals surface area contributed by atoms with E-state index < -0.39 is 0 Å². The Bertz CT molecular complexity index is 1350. The van der Waals surface area contributed by atoms with Crippen LogP contribution in [0, 0.1) is 13.8 Å². The van der Waals surface area contributed by atoms with Crippen LogP contribution in [-0.2, 0) is 24.9 Å². The minimum atomic E-state index is 0.0165. The third kappa shape index (κ3) is 4.34. The Balaban J connectivity index is 1.91. The van der Waals surface area contributed by atoms with Crippen LogP contribution in [0.1, 0.15) is 63.8 Å². The van der Waals surface area contributed by atoms with Crippen LogP contribution in [0.25, 0.3) is 33.8 Å². The van der Waals surface area contributed by atoms with Crippen molar-refractivity contribution in [1.29, 1.82) is 0 Å². The Morgan fingerprint density at radius 1 is 0.735 bits per heavy atom. The van der Waals surface area contributed by atoms with Crippen molar-refractivity contribution < 1.29 is 0 Å². The molecule has 0 amide bonds. The molecular formula is C30H38N4. The highest BCUT2D eigenvalue weighted by atomic mass is 15.3. The van der Waals surface area contributed by atoms with E-state index in [2.05, 4.69) is 103 Å². The molecule has 2 aromatic carbocycles. The fourth-order valence-electron chi connectivity index (χ4n) is 5.05. The number of rotatable bonds is 3. The molecule has 0 saturated heterocycles. The molecule has 0 aliphatic heterocycles. The zero-order valence-electron chi connectivity index (χ0n) is 22.4. The first-order chi connectivity index (χ1) is 15.8. The lowest BCUT2D eigenvalue weighted by Crippen LogP contribution is -2.14. The third-order valence-corrected chi connectivity index (χ3v) is 6.79. The second-order valence-corrected chi connectivity index (χ2v) is 11.6. The number of hydrogen-bond acceptors (Lipinski definition) is 2. The Morgan fingerprint density at radius 2 is 1.38 bits per heavy atom. The van der Waals surface area contributed by atoms with Crippen molar-refractivity contribution in [2.75, 3.05) is 0 Å². The van der Waals surface area contributed by atoms with E-state index in [1.807, 2.05) is 29.7 Å². The summed E-state index contributed by atoms with van der Waals surface area (Å²) in [6.07, 6.45) is 3.96. The van der Waals surface area contributed by atoms with Gasteiger partial charge in [0.1, 0.15) is 0 Å². The first-order valence-electron chi connectivity index (χ1n) is 12.1. The standard InChI is InChI=1S/C30H38N4/c1-19-22(12-11-13-24(19)29(3,4)5)26-16-28(34(10)32-26)21-14-23(27-17-33(9)18-31-27)20(2)25(15-21)30(6,7)8/h11-18H,1-10H3. The van der Waals surface area contributed by atoms with Crippen LogP contribution in [-0.4, -0.2) is 19.3 Å². The molecule has 2 aromatic heterocycles.